The Morgan fingerprint density at radius 2 is 1.82 bits per heavy atom. The molecule has 28 heavy (non-hydrogen) atoms. The van der Waals surface area contributed by atoms with Gasteiger partial charge in [-0.15, -0.1) is 0 Å². The first-order chi connectivity index (χ1) is 13.6. The van der Waals surface area contributed by atoms with Gasteiger partial charge in [0.2, 0.25) is 11.7 Å². The summed E-state index contributed by atoms with van der Waals surface area (Å²) in [6, 6.07) is 11.3. The largest absolute Gasteiger partial charge is 0.493 e. The number of aromatic amines is 1. The van der Waals surface area contributed by atoms with Gasteiger partial charge in [0.15, 0.2) is 11.5 Å². The van der Waals surface area contributed by atoms with Crippen LogP contribution in [0.3, 0.4) is 0 Å². The number of ether oxygens (including phenoxy) is 3. The van der Waals surface area contributed by atoms with Crippen molar-refractivity contribution in [2.45, 2.75) is 25.8 Å². The summed E-state index contributed by atoms with van der Waals surface area (Å²) in [6.45, 7) is 1.91. The molecule has 2 aromatic carbocycles. The molecular weight excluding hydrogens is 358 g/mol. The summed E-state index contributed by atoms with van der Waals surface area (Å²) in [5, 5.41) is 2.99. The van der Waals surface area contributed by atoms with Gasteiger partial charge in [-0.1, -0.05) is 18.2 Å². The lowest BCUT2D eigenvalue weighted by Gasteiger charge is -2.16. The number of aromatic nitrogens is 2. The standard InChI is InChI=1S/C21H25N3O4/c1-13(21-23-15-7-5-6-8-16(15)24-21)22-18(25)12-10-14-9-11-17(26-2)20(28-4)19(14)27-3/h5-9,11,13H,10,12H2,1-4H3,(H,22,25)(H,23,24). The van der Waals surface area contributed by atoms with Crippen LogP contribution in [0.4, 0.5) is 0 Å². The second kappa shape index (κ2) is 8.65. The molecule has 1 unspecified atom stereocenters. The minimum Gasteiger partial charge on any atom is -0.493 e. The zero-order valence-corrected chi connectivity index (χ0v) is 16.5. The van der Waals surface area contributed by atoms with E-state index in [1.807, 2.05) is 43.3 Å². The molecule has 1 aromatic heterocycles. The molecule has 3 aromatic rings. The van der Waals surface area contributed by atoms with Crippen molar-refractivity contribution >= 4 is 16.9 Å². The average Bonchev–Trinajstić information content (AvgIpc) is 3.15. The second-order valence-electron chi connectivity index (χ2n) is 6.42. The van der Waals surface area contributed by atoms with Gasteiger partial charge in [-0.05, 0) is 37.1 Å². The minimum atomic E-state index is -0.216. The molecule has 7 heteroatoms. The van der Waals surface area contributed by atoms with Crippen molar-refractivity contribution in [1.82, 2.24) is 15.3 Å². The number of aryl methyl sites for hydroxylation is 1. The fraction of sp³-hybridized carbons (Fsp3) is 0.333. The monoisotopic (exact) mass is 383 g/mol. The molecule has 1 atom stereocenters. The van der Waals surface area contributed by atoms with Gasteiger partial charge in [-0.2, -0.15) is 0 Å². The van der Waals surface area contributed by atoms with E-state index in [4.69, 9.17) is 14.2 Å². The summed E-state index contributed by atoms with van der Waals surface area (Å²) in [5.74, 6) is 2.37. The Balaban J connectivity index is 1.65. The molecule has 2 N–H and O–H groups in total. The summed E-state index contributed by atoms with van der Waals surface area (Å²) < 4.78 is 16.2. The van der Waals surface area contributed by atoms with Crippen LogP contribution in [0.5, 0.6) is 17.2 Å². The number of hydrogen-bond acceptors (Lipinski definition) is 5. The van der Waals surface area contributed by atoms with Gasteiger partial charge < -0.3 is 24.5 Å². The highest BCUT2D eigenvalue weighted by molar-refractivity contribution is 5.78. The first-order valence-corrected chi connectivity index (χ1v) is 9.09. The van der Waals surface area contributed by atoms with Crippen molar-refractivity contribution in [2.75, 3.05) is 21.3 Å². The Morgan fingerprint density at radius 3 is 2.50 bits per heavy atom. The van der Waals surface area contributed by atoms with Gasteiger partial charge in [-0.3, -0.25) is 4.79 Å². The van der Waals surface area contributed by atoms with Gasteiger partial charge in [0.05, 0.1) is 38.4 Å². The number of carbonyl (C=O) groups is 1. The van der Waals surface area contributed by atoms with E-state index in [0.29, 0.717) is 30.1 Å². The Hall–Kier alpha value is -3.22. The van der Waals surface area contributed by atoms with Crippen LogP contribution >= 0.6 is 0 Å². The molecule has 0 aliphatic rings. The summed E-state index contributed by atoms with van der Waals surface area (Å²) in [6.07, 6.45) is 0.832. The molecule has 0 fully saturated rings. The summed E-state index contributed by atoms with van der Waals surface area (Å²) in [4.78, 5) is 20.2. The predicted octanol–water partition coefficient (Wildman–Crippen LogP) is 3.40. The molecule has 0 radical (unpaired) electrons. The van der Waals surface area contributed by atoms with Crippen LogP contribution in [0.2, 0.25) is 0 Å². The number of para-hydroxylation sites is 2. The number of nitrogens with zero attached hydrogens (tertiary/aromatic N) is 1. The van der Waals surface area contributed by atoms with Crippen LogP contribution < -0.4 is 19.5 Å². The number of nitrogens with one attached hydrogen (secondary N) is 2. The van der Waals surface area contributed by atoms with Crippen LogP contribution in [0.25, 0.3) is 11.0 Å². The first kappa shape index (κ1) is 19.5. The Kier molecular flexibility index (Phi) is 6.03. The Bertz CT molecular complexity index is 934. The quantitative estimate of drug-likeness (QED) is 0.623. The zero-order valence-electron chi connectivity index (χ0n) is 16.5. The lowest BCUT2D eigenvalue weighted by atomic mass is 10.1. The number of imidazole rings is 1. The number of rotatable bonds is 8. The van der Waals surface area contributed by atoms with Crippen LogP contribution in [0.15, 0.2) is 36.4 Å². The SMILES string of the molecule is COc1ccc(CCC(=O)NC(C)c2nc3ccccc3[nH]2)c(OC)c1OC. The van der Waals surface area contributed by atoms with Crippen molar-refractivity contribution < 1.29 is 19.0 Å². The number of hydrogen-bond donors (Lipinski definition) is 2. The van der Waals surface area contributed by atoms with Gasteiger partial charge >= 0.3 is 0 Å². The molecule has 1 amide bonds. The first-order valence-electron chi connectivity index (χ1n) is 9.09. The van der Waals surface area contributed by atoms with E-state index in [9.17, 15) is 4.79 Å². The predicted molar refractivity (Wildman–Crippen MR) is 107 cm³/mol. The molecule has 0 aliphatic heterocycles. The van der Waals surface area contributed by atoms with Crippen molar-refractivity contribution in [3.05, 3.63) is 47.8 Å². The van der Waals surface area contributed by atoms with Crippen LogP contribution in [0, 0.1) is 0 Å². The van der Waals surface area contributed by atoms with Gasteiger partial charge in [-0.25, -0.2) is 4.98 Å². The van der Waals surface area contributed by atoms with Crippen molar-refractivity contribution in [3.63, 3.8) is 0 Å². The van der Waals surface area contributed by atoms with E-state index in [2.05, 4.69) is 15.3 Å². The van der Waals surface area contributed by atoms with Gasteiger partial charge in [0.1, 0.15) is 5.82 Å². The molecule has 3 rings (SSSR count). The van der Waals surface area contributed by atoms with Crippen LogP contribution in [-0.4, -0.2) is 37.2 Å². The topological polar surface area (TPSA) is 85.5 Å². The molecule has 0 spiro atoms. The number of methoxy groups -OCH3 is 3. The number of amides is 1. The molecule has 0 saturated carbocycles. The maximum Gasteiger partial charge on any atom is 0.220 e. The zero-order chi connectivity index (χ0) is 20.1. The van der Waals surface area contributed by atoms with Gasteiger partial charge in [0, 0.05) is 6.42 Å². The average molecular weight is 383 g/mol. The smallest absolute Gasteiger partial charge is 0.220 e. The third-order valence-electron chi connectivity index (χ3n) is 4.60. The fourth-order valence-electron chi connectivity index (χ4n) is 3.17. The third-order valence-corrected chi connectivity index (χ3v) is 4.60. The summed E-state index contributed by atoms with van der Waals surface area (Å²) >= 11 is 0. The maximum absolute atomic E-state index is 12.4. The lowest BCUT2D eigenvalue weighted by Crippen LogP contribution is -2.27. The molecular formula is C21H25N3O4. The molecule has 7 nitrogen and oxygen atoms in total. The van der Waals surface area contributed by atoms with E-state index in [0.717, 1.165) is 22.4 Å². The Labute approximate surface area is 164 Å². The van der Waals surface area contributed by atoms with E-state index >= 15 is 0 Å². The molecule has 0 aliphatic carbocycles. The van der Waals surface area contributed by atoms with Gasteiger partial charge in [0.25, 0.3) is 0 Å². The number of carbonyl (C=O) groups excluding carboxylic acids is 1. The number of benzene rings is 2. The maximum atomic E-state index is 12.4. The minimum absolute atomic E-state index is 0.0650. The Morgan fingerprint density at radius 1 is 1.07 bits per heavy atom. The third kappa shape index (κ3) is 4.03. The fourth-order valence-corrected chi connectivity index (χ4v) is 3.17. The highest BCUT2D eigenvalue weighted by Crippen LogP contribution is 2.40. The molecule has 0 bridgehead atoms. The number of fused-ring (bicyclic) bond motifs is 1. The molecule has 148 valence electrons. The van der Waals surface area contributed by atoms with Crippen molar-refractivity contribution in [2.24, 2.45) is 0 Å². The van der Waals surface area contributed by atoms with Crippen molar-refractivity contribution in [3.8, 4) is 17.2 Å². The highest BCUT2D eigenvalue weighted by atomic mass is 16.5. The van der Waals surface area contributed by atoms with E-state index < -0.39 is 0 Å². The summed E-state index contributed by atoms with van der Waals surface area (Å²) in [5.41, 5.74) is 2.72. The normalized spacial score (nSPS) is 11.9. The van der Waals surface area contributed by atoms with Crippen LogP contribution in [-0.2, 0) is 11.2 Å². The summed E-state index contributed by atoms with van der Waals surface area (Å²) in [7, 11) is 4.71. The number of H-pyrrole nitrogens is 1. The lowest BCUT2D eigenvalue weighted by molar-refractivity contribution is -0.121. The van der Waals surface area contributed by atoms with Crippen molar-refractivity contribution in [1.29, 1.82) is 0 Å². The van der Waals surface area contributed by atoms with Crippen LogP contribution in [0.1, 0.15) is 30.8 Å². The second-order valence-corrected chi connectivity index (χ2v) is 6.42. The van der Waals surface area contributed by atoms with E-state index in [1.54, 1.807) is 21.3 Å². The van der Waals surface area contributed by atoms with E-state index in [-0.39, 0.29) is 11.9 Å². The van der Waals surface area contributed by atoms with E-state index in [1.165, 1.54) is 0 Å². The molecule has 1 heterocycles. The molecule has 0 saturated heterocycles. The highest BCUT2D eigenvalue weighted by Gasteiger charge is 2.18.